The molecule has 0 fully saturated rings. The van der Waals surface area contributed by atoms with Crippen molar-refractivity contribution >= 4 is 16.8 Å². The third-order valence-electron chi connectivity index (χ3n) is 7.39. The van der Waals surface area contributed by atoms with Gasteiger partial charge in [-0.15, -0.1) is 0 Å². The molecule has 1 amide bonds. The van der Waals surface area contributed by atoms with E-state index in [1.807, 2.05) is 60.7 Å². The number of aromatic nitrogens is 1. The van der Waals surface area contributed by atoms with Crippen LogP contribution in [0.15, 0.2) is 103 Å². The van der Waals surface area contributed by atoms with Gasteiger partial charge in [-0.2, -0.15) is 0 Å². The molecule has 4 aromatic carbocycles. The lowest BCUT2D eigenvalue weighted by atomic mass is 9.87. The zero-order valence-electron chi connectivity index (χ0n) is 24.3. The van der Waals surface area contributed by atoms with Crippen LogP contribution in [0.4, 0.5) is 4.39 Å². The fraction of sp³-hybridized carbons (Fsp3) is 0.250. The van der Waals surface area contributed by atoms with Gasteiger partial charge in [0.25, 0.3) is 0 Å². The van der Waals surface area contributed by atoms with Gasteiger partial charge in [0.2, 0.25) is 5.91 Å². The van der Waals surface area contributed by atoms with Crippen LogP contribution >= 0.6 is 0 Å². The number of methoxy groups -OCH3 is 1. The van der Waals surface area contributed by atoms with Gasteiger partial charge in [0.05, 0.1) is 7.11 Å². The zero-order valence-corrected chi connectivity index (χ0v) is 24.3. The van der Waals surface area contributed by atoms with Crippen LogP contribution < -0.4 is 14.8 Å². The van der Waals surface area contributed by atoms with E-state index < -0.39 is 0 Å². The molecule has 0 spiro atoms. The van der Waals surface area contributed by atoms with Crippen molar-refractivity contribution in [3.8, 4) is 11.5 Å². The monoisotopic (exact) mass is 564 g/mol. The number of ether oxygens (including phenoxy) is 2. The Morgan fingerprint density at radius 1 is 0.881 bits per heavy atom. The van der Waals surface area contributed by atoms with E-state index >= 15 is 0 Å². The molecule has 1 unspecified atom stereocenters. The summed E-state index contributed by atoms with van der Waals surface area (Å²) in [7, 11) is 1.63. The number of halogens is 1. The fourth-order valence-corrected chi connectivity index (χ4v) is 5.21. The number of hydrogen-bond donors (Lipinski definition) is 1. The van der Waals surface area contributed by atoms with Crippen molar-refractivity contribution in [1.29, 1.82) is 0 Å². The smallest absolute Gasteiger partial charge is 0.220 e. The van der Waals surface area contributed by atoms with E-state index in [2.05, 4.69) is 42.1 Å². The fourth-order valence-electron chi connectivity index (χ4n) is 5.21. The van der Waals surface area contributed by atoms with E-state index in [1.54, 1.807) is 19.2 Å². The van der Waals surface area contributed by atoms with E-state index in [0.29, 0.717) is 37.1 Å². The Bertz CT molecular complexity index is 1630. The van der Waals surface area contributed by atoms with Crippen molar-refractivity contribution in [1.82, 2.24) is 9.88 Å². The van der Waals surface area contributed by atoms with Crippen molar-refractivity contribution in [2.75, 3.05) is 13.7 Å². The summed E-state index contributed by atoms with van der Waals surface area (Å²) in [6.45, 7) is 5.80. The highest BCUT2D eigenvalue weighted by Crippen LogP contribution is 2.39. The van der Waals surface area contributed by atoms with Gasteiger partial charge in [-0.05, 0) is 58.5 Å². The van der Waals surface area contributed by atoms with Gasteiger partial charge in [0.1, 0.15) is 12.4 Å². The minimum absolute atomic E-state index is 0.00700. The van der Waals surface area contributed by atoms with Crippen LogP contribution in [0.1, 0.15) is 48.4 Å². The summed E-state index contributed by atoms with van der Waals surface area (Å²) in [4.78, 5) is 13.2. The van der Waals surface area contributed by atoms with Gasteiger partial charge in [0.15, 0.2) is 11.5 Å². The standard InChI is InChI=1S/C36H37FN2O3/c1-25(2)21-38-36(40)20-31(28-15-18-34(35(19-28)41-3)42-24-27-9-5-4-6-10-27)32-23-39(33-12-8-7-11-30(32)33)22-26-13-16-29(37)17-14-26/h4-19,23,25,31H,20-22,24H2,1-3H3,(H,38,40). The van der Waals surface area contributed by atoms with Gasteiger partial charge in [-0.1, -0.05) is 80.6 Å². The molecule has 0 aliphatic heterocycles. The van der Waals surface area contributed by atoms with Gasteiger partial charge in [-0.25, -0.2) is 4.39 Å². The Hall–Kier alpha value is -4.58. The summed E-state index contributed by atoms with van der Waals surface area (Å²) in [5, 5.41) is 4.17. The maximum atomic E-state index is 13.6. The molecule has 0 saturated heterocycles. The lowest BCUT2D eigenvalue weighted by molar-refractivity contribution is -0.121. The molecule has 5 nitrogen and oxygen atoms in total. The molecule has 0 saturated carbocycles. The van der Waals surface area contributed by atoms with Gasteiger partial charge in [-0.3, -0.25) is 4.79 Å². The Morgan fingerprint density at radius 2 is 1.62 bits per heavy atom. The first kappa shape index (κ1) is 28.9. The number of nitrogens with zero attached hydrogens (tertiary/aromatic N) is 1. The Kier molecular flexibility index (Phi) is 9.22. The molecule has 216 valence electrons. The summed E-state index contributed by atoms with van der Waals surface area (Å²) in [6.07, 6.45) is 2.41. The van der Waals surface area contributed by atoms with E-state index in [0.717, 1.165) is 33.2 Å². The van der Waals surface area contributed by atoms with Crippen molar-refractivity contribution < 1.29 is 18.7 Å². The van der Waals surface area contributed by atoms with Crippen LogP contribution in [-0.4, -0.2) is 24.1 Å². The number of benzene rings is 4. The largest absolute Gasteiger partial charge is 0.493 e. The maximum Gasteiger partial charge on any atom is 0.220 e. The molecular formula is C36H37FN2O3. The van der Waals surface area contributed by atoms with Gasteiger partial charge < -0.3 is 19.4 Å². The van der Waals surface area contributed by atoms with Crippen LogP contribution in [0.3, 0.4) is 0 Å². The third-order valence-corrected chi connectivity index (χ3v) is 7.39. The molecule has 5 aromatic rings. The second kappa shape index (κ2) is 13.4. The minimum atomic E-state index is -0.255. The maximum absolute atomic E-state index is 13.6. The highest BCUT2D eigenvalue weighted by atomic mass is 19.1. The second-order valence-corrected chi connectivity index (χ2v) is 11.0. The van der Waals surface area contributed by atoms with E-state index in [1.165, 1.54) is 12.1 Å². The molecule has 0 radical (unpaired) electrons. The molecule has 5 rings (SSSR count). The predicted molar refractivity (Wildman–Crippen MR) is 166 cm³/mol. The Balaban J connectivity index is 1.52. The first-order valence-corrected chi connectivity index (χ1v) is 14.3. The van der Waals surface area contributed by atoms with Gasteiger partial charge >= 0.3 is 0 Å². The second-order valence-electron chi connectivity index (χ2n) is 11.0. The average Bonchev–Trinajstić information content (AvgIpc) is 3.37. The summed E-state index contributed by atoms with van der Waals surface area (Å²) in [6, 6.07) is 30.7. The highest BCUT2D eigenvalue weighted by Gasteiger charge is 2.24. The summed E-state index contributed by atoms with van der Waals surface area (Å²) >= 11 is 0. The van der Waals surface area contributed by atoms with Gasteiger partial charge in [0, 0.05) is 42.5 Å². The van der Waals surface area contributed by atoms with Crippen molar-refractivity contribution in [2.24, 2.45) is 5.92 Å². The van der Waals surface area contributed by atoms with Crippen LogP contribution in [0, 0.1) is 11.7 Å². The number of carbonyl (C=O) groups is 1. The quantitative estimate of drug-likeness (QED) is 0.169. The molecule has 0 bridgehead atoms. The van der Waals surface area contributed by atoms with Crippen molar-refractivity contribution in [3.05, 3.63) is 131 Å². The van der Waals surface area contributed by atoms with E-state index in [9.17, 15) is 9.18 Å². The molecule has 1 atom stereocenters. The number of nitrogens with one attached hydrogen (secondary N) is 1. The summed E-state index contributed by atoms with van der Waals surface area (Å²) in [5.74, 6) is 1.12. The predicted octanol–water partition coefficient (Wildman–Crippen LogP) is 7.71. The number of amides is 1. The van der Waals surface area contributed by atoms with Crippen LogP contribution in [0.5, 0.6) is 11.5 Å². The van der Waals surface area contributed by atoms with Crippen LogP contribution in [-0.2, 0) is 17.9 Å². The van der Waals surface area contributed by atoms with Crippen molar-refractivity contribution in [3.63, 3.8) is 0 Å². The molecule has 1 N–H and O–H groups in total. The molecule has 0 aliphatic carbocycles. The number of para-hydroxylation sites is 1. The zero-order chi connectivity index (χ0) is 29.5. The van der Waals surface area contributed by atoms with E-state index in [4.69, 9.17) is 9.47 Å². The van der Waals surface area contributed by atoms with Crippen LogP contribution in [0.25, 0.3) is 10.9 Å². The topological polar surface area (TPSA) is 52.5 Å². The van der Waals surface area contributed by atoms with Crippen molar-refractivity contribution in [2.45, 2.75) is 39.3 Å². The minimum Gasteiger partial charge on any atom is -0.493 e. The molecule has 1 aromatic heterocycles. The number of carbonyl (C=O) groups excluding carboxylic acids is 1. The molecule has 1 heterocycles. The SMILES string of the molecule is COc1cc(C(CC(=O)NCC(C)C)c2cn(Cc3ccc(F)cc3)c3ccccc23)ccc1OCc1ccccc1. The molecule has 0 aliphatic rings. The van der Waals surface area contributed by atoms with E-state index in [-0.39, 0.29) is 24.1 Å². The number of rotatable bonds is 12. The summed E-state index contributed by atoms with van der Waals surface area (Å²) < 4.78 is 27.6. The Morgan fingerprint density at radius 3 is 2.36 bits per heavy atom. The lowest BCUT2D eigenvalue weighted by Gasteiger charge is -2.20. The average molecular weight is 565 g/mol. The highest BCUT2D eigenvalue weighted by molar-refractivity contribution is 5.87. The number of hydrogen-bond acceptors (Lipinski definition) is 3. The first-order chi connectivity index (χ1) is 20.4. The first-order valence-electron chi connectivity index (χ1n) is 14.3. The molecule has 42 heavy (non-hydrogen) atoms. The lowest BCUT2D eigenvalue weighted by Crippen LogP contribution is -2.28. The number of fused-ring (bicyclic) bond motifs is 1. The molecular weight excluding hydrogens is 527 g/mol. The normalized spacial score (nSPS) is 11.9. The third kappa shape index (κ3) is 7.00. The van der Waals surface area contributed by atoms with Crippen LogP contribution in [0.2, 0.25) is 0 Å². The Labute approximate surface area is 246 Å². The molecule has 6 heteroatoms. The summed E-state index contributed by atoms with van der Waals surface area (Å²) in [5.41, 5.74) is 5.13.